The molecule has 2 aromatic heterocycles. The molecule has 3 aromatic rings. The molecule has 10 heteroatoms. The molecule has 4 rings (SSSR count). The van der Waals surface area contributed by atoms with E-state index in [4.69, 9.17) is 10.5 Å². The van der Waals surface area contributed by atoms with Crippen LogP contribution in [0.3, 0.4) is 0 Å². The summed E-state index contributed by atoms with van der Waals surface area (Å²) in [6.07, 6.45) is 3.62. The molecule has 1 aliphatic heterocycles. The normalized spacial score (nSPS) is 19.3. The second kappa shape index (κ2) is 8.81. The van der Waals surface area contributed by atoms with Crippen molar-refractivity contribution in [3.05, 3.63) is 52.3 Å². The Balaban J connectivity index is 1.55. The number of ether oxygens (including phenoxy) is 1. The molecular formula is C21H23F2N5O2S. The summed E-state index contributed by atoms with van der Waals surface area (Å²) < 4.78 is 36.1. The van der Waals surface area contributed by atoms with E-state index in [0.29, 0.717) is 17.9 Å². The molecule has 3 N–H and O–H groups in total. The maximum atomic E-state index is 14.3. The number of halogens is 2. The van der Waals surface area contributed by atoms with Gasteiger partial charge in [0.1, 0.15) is 28.4 Å². The third-order valence-electron chi connectivity index (χ3n) is 5.28. The number of rotatable bonds is 4. The van der Waals surface area contributed by atoms with Crippen molar-refractivity contribution in [2.24, 2.45) is 12.8 Å². The van der Waals surface area contributed by atoms with Gasteiger partial charge in [0.15, 0.2) is 0 Å². The zero-order valence-electron chi connectivity index (χ0n) is 17.2. The van der Waals surface area contributed by atoms with Crippen LogP contribution >= 0.6 is 11.3 Å². The summed E-state index contributed by atoms with van der Waals surface area (Å²) in [5, 5.41) is 8.63. The SMILES string of the molecule is Cc1cc(F)c(-c2nc(C(=O)Nc3cnn(C)c3[C@@H]3CC[C@@H](N)CCO3)cs2)c(F)c1. The van der Waals surface area contributed by atoms with Gasteiger partial charge >= 0.3 is 0 Å². The minimum Gasteiger partial charge on any atom is -0.372 e. The molecule has 0 bridgehead atoms. The summed E-state index contributed by atoms with van der Waals surface area (Å²) in [6.45, 7) is 2.14. The molecule has 0 radical (unpaired) electrons. The Hall–Kier alpha value is -2.69. The Morgan fingerprint density at radius 1 is 1.29 bits per heavy atom. The minimum atomic E-state index is -0.711. The second-order valence-electron chi connectivity index (χ2n) is 7.65. The van der Waals surface area contributed by atoms with E-state index in [0.717, 1.165) is 36.3 Å². The predicted octanol–water partition coefficient (Wildman–Crippen LogP) is 3.95. The van der Waals surface area contributed by atoms with Gasteiger partial charge in [0.2, 0.25) is 0 Å². The van der Waals surface area contributed by atoms with E-state index < -0.39 is 17.5 Å². The lowest BCUT2D eigenvalue weighted by atomic mass is 10.1. The molecule has 0 spiro atoms. The standard InChI is InChI=1S/C21H23F2N5O2S/c1-11-7-13(22)18(14(23)8-11)21-27-16(10-31-21)20(29)26-15-9-25-28(2)19(15)17-4-3-12(24)5-6-30-17/h7-10,12,17H,3-6,24H2,1-2H3,(H,26,29)/t12-,17+/m1/s1. The number of hydrogen-bond donors (Lipinski definition) is 2. The predicted molar refractivity (Wildman–Crippen MR) is 114 cm³/mol. The first-order valence-corrected chi connectivity index (χ1v) is 10.8. The van der Waals surface area contributed by atoms with Crippen molar-refractivity contribution in [3.63, 3.8) is 0 Å². The first-order chi connectivity index (χ1) is 14.8. The molecule has 7 nitrogen and oxygen atoms in total. The maximum absolute atomic E-state index is 14.3. The molecule has 0 unspecified atom stereocenters. The molecule has 1 saturated heterocycles. The number of thiazole rings is 1. The number of aromatic nitrogens is 3. The zero-order chi connectivity index (χ0) is 22.1. The number of anilines is 1. The summed E-state index contributed by atoms with van der Waals surface area (Å²) in [5.41, 5.74) is 7.59. The van der Waals surface area contributed by atoms with Gasteiger partial charge in [-0.2, -0.15) is 5.10 Å². The monoisotopic (exact) mass is 447 g/mol. The second-order valence-corrected chi connectivity index (χ2v) is 8.51. The Morgan fingerprint density at radius 2 is 2.03 bits per heavy atom. The van der Waals surface area contributed by atoms with Gasteiger partial charge in [-0.3, -0.25) is 9.48 Å². The lowest BCUT2D eigenvalue weighted by Gasteiger charge is -2.17. The summed E-state index contributed by atoms with van der Waals surface area (Å²) in [4.78, 5) is 16.9. The number of amides is 1. The fraction of sp³-hybridized carbons (Fsp3) is 0.381. The summed E-state index contributed by atoms with van der Waals surface area (Å²) >= 11 is 1.00. The lowest BCUT2D eigenvalue weighted by molar-refractivity contribution is 0.0529. The smallest absolute Gasteiger partial charge is 0.275 e. The highest BCUT2D eigenvalue weighted by Crippen LogP contribution is 2.33. The number of nitrogens with two attached hydrogens (primary N) is 1. The van der Waals surface area contributed by atoms with E-state index in [1.54, 1.807) is 24.9 Å². The van der Waals surface area contributed by atoms with E-state index in [-0.39, 0.29) is 28.4 Å². The van der Waals surface area contributed by atoms with Crippen LogP contribution in [0.5, 0.6) is 0 Å². The summed E-state index contributed by atoms with van der Waals surface area (Å²) in [7, 11) is 1.78. The number of carbonyl (C=O) groups excluding carboxylic acids is 1. The molecule has 1 fully saturated rings. The Bertz CT molecular complexity index is 1090. The van der Waals surface area contributed by atoms with Gasteiger partial charge in [0, 0.05) is 25.1 Å². The first-order valence-electron chi connectivity index (χ1n) is 9.95. The van der Waals surface area contributed by atoms with Crippen molar-refractivity contribution in [1.29, 1.82) is 0 Å². The molecular weight excluding hydrogens is 424 g/mol. The third-order valence-corrected chi connectivity index (χ3v) is 6.14. The van der Waals surface area contributed by atoms with Crippen molar-refractivity contribution in [2.45, 2.75) is 38.3 Å². The minimum absolute atomic E-state index is 0.0676. The summed E-state index contributed by atoms with van der Waals surface area (Å²) in [6, 6.07) is 2.56. The molecule has 0 saturated carbocycles. The first kappa shape index (κ1) is 21.5. The molecule has 164 valence electrons. The van der Waals surface area contributed by atoms with Crippen LogP contribution in [-0.2, 0) is 11.8 Å². The van der Waals surface area contributed by atoms with Gasteiger partial charge < -0.3 is 15.8 Å². The molecule has 2 atom stereocenters. The maximum Gasteiger partial charge on any atom is 0.275 e. The fourth-order valence-electron chi connectivity index (χ4n) is 3.68. The van der Waals surface area contributed by atoms with Crippen LogP contribution in [0.4, 0.5) is 14.5 Å². The van der Waals surface area contributed by atoms with Crippen LogP contribution in [0.1, 0.15) is 47.1 Å². The van der Waals surface area contributed by atoms with Crippen LogP contribution in [0.25, 0.3) is 10.6 Å². The zero-order valence-corrected chi connectivity index (χ0v) is 18.0. The average molecular weight is 448 g/mol. The third kappa shape index (κ3) is 4.51. The molecule has 31 heavy (non-hydrogen) atoms. The van der Waals surface area contributed by atoms with E-state index in [2.05, 4.69) is 15.4 Å². The molecule has 1 amide bonds. The van der Waals surface area contributed by atoms with Crippen molar-refractivity contribution in [1.82, 2.24) is 14.8 Å². The average Bonchev–Trinajstić information content (AvgIpc) is 3.25. The lowest BCUT2D eigenvalue weighted by Crippen LogP contribution is -2.19. The highest BCUT2D eigenvalue weighted by atomic mass is 32.1. The van der Waals surface area contributed by atoms with Crippen LogP contribution in [0, 0.1) is 18.6 Å². The molecule has 3 heterocycles. The molecule has 1 aromatic carbocycles. The van der Waals surface area contributed by atoms with Gasteiger partial charge in [-0.1, -0.05) is 0 Å². The van der Waals surface area contributed by atoms with Crippen molar-refractivity contribution < 1.29 is 18.3 Å². The highest BCUT2D eigenvalue weighted by Gasteiger charge is 2.26. The summed E-state index contributed by atoms with van der Waals surface area (Å²) in [5.74, 6) is -1.91. The van der Waals surface area contributed by atoms with Crippen molar-refractivity contribution >= 4 is 22.9 Å². The number of nitrogens with zero attached hydrogens (tertiary/aromatic N) is 3. The number of benzene rings is 1. The topological polar surface area (TPSA) is 95.1 Å². The van der Waals surface area contributed by atoms with Crippen LogP contribution in [0.2, 0.25) is 0 Å². The van der Waals surface area contributed by atoms with Gasteiger partial charge in [-0.25, -0.2) is 13.8 Å². The van der Waals surface area contributed by atoms with Gasteiger partial charge in [-0.15, -0.1) is 11.3 Å². The number of carbonyl (C=O) groups is 1. The quantitative estimate of drug-likeness (QED) is 0.632. The molecule has 1 aliphatic rings. The Labute approximate surface area is 182 Å². The largest absolute Gasteiger partial charge is 0.372 e. The number of aryl methyl sites for hydroxylation is 2. The van der Waals surface area contributed by atoms with Crippen LogP contribution in [0.15, 0.2) is 23.7 Å². The fourth-order valence-corrected chi connectivity index (χ4v) is 4.53. The van der Waals surface area contributed by atoms with Gasteiger partial charge in [0.25, 0.3) is 5.91 Å². The van der Waals surface area contributed by atoms with Crippen LogP contribution < -0.4 is 11.1 Å². The van der Waals surface area contributed by atoms with E-state index in [9.17, 15) is 13.6 Å². The number of hydrogen-bond acceptors (Lipinski definition) is 6. The van der Waals surface area contributed by atoms with E-state index in [1.807, 2.05) is 0 Å². The van der Waals surface area contributed by atoms with E-state index >= 15 is 0 Å². The van der Waals surface area contributed by atoms with Gasteiger partial charge in [-0.05, 0) is 43.9 Å². The number of nitrogens with one attached hydrogen (secondary N) is 1. The van der Waals surface area contributed by atoms with Gasteiger partial charge in [0.05, 0.1) is 23.1 Å². The Morgan fingerprint density at radius 3 is 2.77 bits per heavy atom. The van der Waals surface area contributed by atoms with Crippen molar-refractivity contribution in [2.75, 3.05) is 11.9 Å². The van der Waals surface area contributed by atoms with Crippen molar-refractivity contribution in [3.8, 4) is 10.6 Å². The Kier molecular flexibility index (Phi) is 6.12. The van der Waals surface area contributed by atoms with E-state index in [1.165, 1.54) is 17.5 Å². The molecule has 0 aliphatic carbocycles. The van der Waals surface area contributed by atoms with Crippen LogP contribution in [-0.4, -0.2) is 33.3 Å². The highest BCUT2D eigenvalue weighted by molar-refractivity contribution is 7.13.